The van der Waals surface area contributed by atoms with Gasteiger partial charge in [-0.25, -0.2) is 8.42 Å². The Bertz CT molecular complexity index is 918. The molecular formula is C18H19N3O4S. The number of amides is 2. The van der Waals surface area contributed by atoms with E-state index in [9.17, 15) is 18.0 Å². The van der Waals surface area contributed by atoms with Crippen molar-refractivity contribution in [3.05, 3.63) is 59.7 Å². The molecule has 8 heteroatoms. The van der Waals surface area contributed by atoms with E-state index in [1.165, 1.54) is 43.4 Å². The van der Waals surface area contributed by atoms with Gasteiger partial charge in [0, 0.05) is 29.9 Å². The van der Waals surface area contributed by atoms with Gasteiger partial charge in [-0.05, 0) is 61.4 Å². The Labute approximate surface area is 151 Å². The average Bonchev–Trinajstić information content (AvgIpc) is 3.45. The minimum absolute atomic E-state index is 0.0423. The number of nitrogens with one attached hydrogen (secondary N) is 3. The first-order chi connectivity index (χ1) is 12.4. The van der Waals surface area contributed by atoms with Gasteiger partial charge in [-0.1, -0.05) is 0 Å². The number of hydrogen-bond acceptors (Lipinski definition) is 4. The summed E-state index contributed by atoms with van der Waals surface area (Å²) < 4.78 is 27.3. The van der Waals surface area contributed by atoms with E-state index in [0.717, 1.165) is 12.8 Å². The monoisotopic (exact) mass is 373 g/mol. The van der Waals surface area contributed by atoms with Gasteiger partial charge in [0.05, 0.1) is 4.90 Å². The number of rotatable bonds is 6. The molecule has 0 saturated heterocycles. The Morgan fingerprint density at radius 2 is 1.42 bits per heavy atom. The lowest BCUT2D eigenvalue weighted by atomic mass is 10.2. The van der Waals surface area contributed by atoms with Gasteiger partial charge in [0.1, 0.15) is 0 Å². The molecule has 136 valence electrons. The Kier molecular flexibility index (Phi) is 4.94. The molecule has 1 fully saturated rings. The van der Waals surface area contributed by atoms with Crippen LogP contribution in [0.15, 0.2) is 53.4 Å². The second-order valence-corrected chi connectivity index (χ2v) is 7.72. The molecule has 0 spiro atoms. The number of anilines is 1. The first kappa shape index (κ1) is 17.9. The molecule has 1 aliphatic rings. The molecule has 0 radical (unpaired) electrons. The summed E-state index contributed by atoms with van der Waals surface area (Å²) in [6, 6.07) is 12.1. The second kappa shape index (κ2) is 7.17. The smallest absolute Gasteiger partial charge is 0.261 e. The summed E-state index contributed by atoms with van der Waals surface area (Å²) in [6.07, 6.45) is 2.00. The Balaban J connectivity index is 1.70. The number of hydrogen-bond donors (Lipinski definition) is 3. The van der Waals surface area contributed by atoms with E-state index < -0.39 is 10.0 Å². The van der Waals surface area contributed by atoms with Crippen LogP contribution in [0.25, 0.3) is 0 Å². The Hall–Kier alpha value is -2.87. The summed E-state index contributed by atoms with van der Waals surface area (Å²) >= 11 is 0. The maximum Gasteiger partial charge on any atom is 0.261 e. The van der Waals surface area contributed by atoms with Gasteiger partial charge in [-0.3, -0.25) is 14.3 Å². The highest BCUT2D eigenvalue weighted by Crippen LogP contribution is 2.20. The van der Waals surface area contributed by atoms with Crippen LogP contribution in [0.1, 0.15) is 33.6 Å². The lowest BCUT2D eigenvalue weighted by Gasteiger charge is -2.09. The van der Waals surface area contributed by atoms with Crippen LogP contribution in [0, 0.1) is 0 Å². The highest BCUT2D eigenvalue weighted by Gasteiger charge is 2.23. The molecule has 2 amide bonds. The number of benzene rings is 2. The van der Waals surface area contributed by atoms with E-state index in [4.69, 9.17) is 0 Å². The standard InChI is InChI=1S/C18H19N3O4S/c1-19-17(22)12-4-10-16(11-5-12)26(24,25)21-15-6-2-13(3-7-15)18(23)20-14-8-9-14/h2-7,10-11,14,21H,8-9H2,1H3,(H,19,22)(H,20,23). The topological polar surface area (TPSA) is 104 Å². The van der Waals surface area contributed by atoms with Crippen LogP contribution < -0.4 is 15.4 Å². The van der Waals surface area contributed by atoms with Crippen molar-refractivity contribution >= 4 is 27.5 Å². The fraction of sp³-hybridized carbons (Fsp3) is 0.222. The molecule has 1 saturated carbocycles. The third-order valence-electron chi connectivity index (χ3n) is 3.97. The van der Waals surface area contributed by atoms with Crippen molar-refractivity contribution in [1.29, 1.82) is 0 Å². The summed E-state index contributed by atoms with van der Waals surface area (Å²) in [7, 11) is -2.28. The molecule has 26 heavy (non-hydrogen) atoms. The quantitative estimate of drug-likeness (QED) is 0.717. The first-order valence-corrected chi connectivity index (χ1v) is 9.63. The lowest BCUT2D eigenvalue weighted by molar-refractivity contribution is 0.0947. The molecular weight excluding hydrogens is 354 g/mol. The minimum atomic E-state index is -3.79. The molecule has 0 aliphatic heterocycles. The van der Waals surface area contributed by atoms with Gasteiger partial charge in [-0.15, -0.1) is 0 Å². The molecule has 1 aliphatic carbocycles. The predicted octanol–water partition coefficient (Wildman–Crippen LogP) is 1.74. The highest BCUT2D eigenvalue weighted by molar-refractivity contribution is 7.92. The number of carbonyl (C=O) groups is 2. The molecule has 3 N–H and O–H groups in total. The van der Waals surface area contributed by atoms with Crippen LogP contribution in [0.2, 0.25) is 0 Å². The van der Waals surface area contributed by atoms with Crippen LogP contribution in [0.3, 0.4) is 0 Å². The van der Waals surface area contributed by atoms with Gasteiger partial charge >= 0.3 is 0 Å². The van der Waals surface area contributed by atoms with Crippen molar-refractivity contribution < 1.29 is 18.0 Å². The molecule has 0 aromatic heterocycles. The van der Waals surface area contributed by atoms with Gasteiger partial charge in [0.15, 0.2) is 0 Å². The summed E-state index contributed by atoms with van der Waals surface area (Å²) in [6.45, 7) is 0. The summed E-state index contributed by atoms with van der Waals surface area (Å²) in [5.41, 5.74) is 1.20. The van der Waals surface area contributed by atoms with Gasteiger partial charge < -0.3 is 10.6 Å². The molecule has 2 aromatic rings. The third-order valence-corrected chi connectivity index (χ3v) is 5.36. The van der Waals surface area contributed by atoms with Crippen LogP contribution in [-0.4, -0.2) is 33.3 Å². The Morgan fingerprint density at radius 3 is 1.96 bits per heavy atom. The molecule has 0 atom stereocenters. The van der Waals surface area contributed by atoms with Crippen molar-refractivity contribution in [1.82, 2.24) is 10.6 Å². The van der Waals surface area contributed by atoms with Crippen LogP contribution >= 0.6 is 0 Å². The summed E-state index contributed by atoms with van der Waals surface area (Å²) in [4.78, 5) is 23.5. The van der Waals surface area contributed by atoms with Crippen LogP contribution in [0.4, 0.5) is 5.69 Å². The largest absolute Gasteiger partial charge is 0.355 e. The molecule has 0 heterocycles. The highest BCUT2D eigenvalue weighted by atomic mass is 32.2. The predicted molar refractivity (Wildman–Crippen MR) is 97.6 cm³/mol. The van der Waals surface area contributed by atoms with Crippen molar-refractivity contribution in [2.24, 2.45) is 0 Å². The maximum atomic E-state index is 12.4. The first-order valence-electron chi connectivity index (χ1n) is 8.15. The van der Waals surface area contributed by atoms with E-state index in [1.807, 2.05) is 0 Å². The Morgan fingerprint density at radius 1 is 0.885 bits per heavy atom. The lowest BCUT2D eigenvalue weighted by Crippen LogP contribution is -2.25. The molecule has 2 aromatic carbocycles. The van der Waals surface area contributed by atoms with Crippen molar-refractivity contribution in [2.75, 3.05) is 11.8 Å². The van der Waals surface area contributed by atoms with E-state index in [-0.39, 0.29) is 22.8 Å². The molecule has 0 bridgehead atoms. The van der Waals surface area contributed by atoms with E-state index in [1.54, 1.807) is 12.1 Å². The molecule has 7 nitrogen and oxygen atoms in total. The van der Waals surface area contributed by atoms with Crippen molar-refractivity contribution in [2.45, 2.75) is 23.8 Å². The molecule has 0 unspecified atom stereocenters. The fourth-order valence-corrected chi connectivity index (χ4v) is 3.39. The average molecular weight is 373 g/mol. The molecule has 3 rings (SSSR count). The summed E-state index contributed by atoms with van der Waals surface area (Å²) in [5.74, 6) is -0.450. The third kappa shape index (κ3) is 4.20. The van der Waals surface area contributed by atoms with Gasteiger partial charge in [0.25, 0.3) is 21.8 Å². The fourth-order valence-electron chi connectivity index (χ4n) is 2.33. The van der Waals surface area contributed by atoms with Gasteiger partial charge in [0.2, 0.25) is 0 Å². The normalized spacial score (nSPS) is 13.7. The van der Waals surface area contributed by atoms with Crippen molar-refractivity contribution in [3.8, 4) is 0 Å². The number of sulfonamides is 1. The van der Waals surface area contributed by atoms with Crippen LogP contribution in [-0.2, 0) is 10.0 Å². The zero-order valence-corrected chi connectivity index (χ0v) is 15.0. The minimum Gasteiger partial charge on any atom is -0.355 e. The summed E-state index contributed by atoms with van der Waals surface area (Å²) in [5, 5.41) is 5.35. The van der Waals surface area contributed by atoms with Crippen molar-refractivity contribution in [3.63, 3.8) is 0 Å². The van der Waals surface area contributed by atoms with Crippen LogP contribution in [0.5, 0.6) is 0 Å². The zero-order valence-electron chi connectivity index (χ0n) is 14.2. The van der Waals surface area contributed by atoms with Gasteiger partial charge in [-0.2, -0.15) is 0 Å². The number of carbonyl (C=O) groups excluding carboxylic acids is 2. The van der Waals surface area contributed by atoms with E-state index in [2.05, 4.69) is 15.4 Å². The second-order valence-electron chi connectivity index (χ2n) is 6.03. The zero-order chi connectivity index (χ0) is 18.7. The van der Waals surface area contributed by atoms with E-state index >= 15 is 0 Å². The maximum absolute atomic E-state index is 12.4. The van der Waals surface area contributed by atoms with E-state index in [0.29, 0.717) is 16.8 Å². The SMILES string of the molecule is CNC(=O)c1ccc(S(=O)(=O)Nc2ccc(C(=O)NC3CC3)cc2)cc1.